The first-order valence-electron chi connectivity index (χ1n) is 30.6. The molecule has 0 bridgehead atoms. The van der Waals surface area contributed by atoms with Gasteiger partial charge in [0.1, 0.15) is 0 Å². The van der Waals surface area contributed by atoms with Gasteiger partial charge in [-0.3, -0.25) is 9.59 Å². The van der Waals surface area contributed by atoms with Crippen LogP contribution in [0.1, 0.15) is 335 Å². The van der Waals surface area contributed by atoms with Crippen LogP contribution in [0.15, 0.2) is 24.3 Å². The predicted octanol–water partition coefficient (Wildman–Crippen LogP) is 19.0. The molecule has 0 radical (unpaired) electrons. The van der Waals surface area contributed by atoms with Crippen molar-refractivity contribution in [3.63, 3.8) is 0 Å². The molecule has 0 heterocycles. The highest BCUT2D eigenvalue weighted by molar-refractivity contribution is 5.76. The Labute approximate surface area is 424 Å². The van der Waals surface area contributed by atoms with Crippen LogP contribution < -0.4 is 5.32 Å². The maximum Gasteiger partial charge on any atom is 0.305 e. The first-order chi connectivity index (χ1) is 33.5. The molecule has 0 spiro atoms. The molecule has 3 N–H and O–H groups in total. The Morgan fingerprint density at radius 1 is 0.397 bits per heavy atom. The van der Waals surface area contributed by atoms with E-state index in [1.165, 1.54) is 263 Å². The van der Waals surface area contributed by atoms with E-state index >= 15 is 0 Å². The summed E-state index contributed by atoms with van der Waals surface area (Å²) >= 11 is 0. The van der Waals surface area contributed by atoms with Crippen LogP contribution in [0.3, 0.4) is 0 Å². The summed E-state index contributed by atoms with van der Waals surface area (Å²) in [6.45, 7) is 4.90. The molecule has 0 aliphatic heterocycles. The van der Waals surface area contributed by atoms with E-state index in [0.717, 1.165) is 44.9 Å². The Morgan fingerprint density at radius 2 is 0.691 bits per heavy atom. The van der Waals surface area contributed by atoms with E-state index in [1.807, 2.05) is 6.08 Å². The van der Waals surface area contributed by atoms with Gasteiger partial charge in [-0.05, 0) is 57.8 Å². The van der Waals surface area contributed by atoms with Crippen molar-refractivity contribution in [3.8, 4) is 0 Å². The minimum absolute atomic E-state index is 0.00233. The molecule has 0 rings (SSSR count). The topological polar surface area (TPSA) is 95.9 Å². The number of ether oxygens (including phenoxy) is 1. The fourth-order valence-electron chi connectivity index (χ4n) is 9.51. The molecule has 0 aliphatic rings. The predicted molar refractivity (Wildman–Crippen MR) is 296 cm³/mol. The second-order valence-corrected chi connectivity index (χ2v) is 21.0. The zero-order valence-corrected chi connectivity index (χ0v) is 45.9. The number of allylic oxidation sites excluding steroid dienone is 3. The number of nitrogens with one attached hydrogen (secondary N) is 1. The molecule has 0 aliphatic carbocycles. The Morgan fingerprint density at radius 3 is 1.06 bits per heavy atom. The molecule has 0 saturated carbocycles. The number of carbonyl (C=O) groups excluding carboxylic acids is 2. The fourth-order valence-corrected chi connectivity index (χ4v) is 9.51. The maximum absolute atomic E-state index is 12.5. The van der Waals surface area contributed by atoms with Crippen LogP contribution in [-0.4, -0.2) is 47.4 Å². The van der Waals surface area contributed by atoms with Crippen LogP contribution in [0, 0.1) is 0 Å². The molecule has 0 saturated heterocycles. The van der Waals surface area contributed by atoms with Crippen LogP contribution in [-0.2, 0) is 14.3 Å². The van der Waals surface area contributed by atoms with Crippen molar-refractivity contribution in [1.29, 1.82) is 0 Å². The summed E-state index contributed by atoms with van der Waals surface area (Å²) < 4.78 is 5.47. The summed E-state index contributed by atoms with van der Waals surface area (Å²) in [6, 6.07) is -0.631. The fraction of sp³-hybridized carbons (Fsp3) is 0.903. The van der Waals surface area contributed by atoms with Gasteiger partial charge in [0.05, 0.1) is 25.4 Å². The van der Waals surface area contributed by atoms with Crippen LogP contribution in [0.25, 0.3) is 0 Å². The van der Waals surface area contributed by atoms with Crippen molar-refractivity contribution in [2.75, 3.05) is 13.2 Å². The lowest BCUT2D eigenvalue weighted by Crippen LogP contribution is -2.45. The largest absolute Gasteiger partial charge is 0.466 e. The van der Waals surface area contributed by atoms with Crippen molar-refractivity contribution in [3.05, 3.63) is 24.3 Å². The van der Waals surface area contributed by atoms with Gasteiger partial charge < -0.3 is 20.3 Å². The molecule has 402 valence electrons. The van der Waals surface area contributed by atoms with Gasteiger partial charge in [0.15, 0.2) is 0 Å². The SMILES string of the molecule is CCCCCC/C=C\CCCCCCCC(=O)OCCCCCCCCCCCCCCCCCCCCC(=O)NC(CO)C(O)/C=C/CCCCCCCCCCCCCCCCCCCC. The quantitative estimate of drug-likeness (QED) is 0.0321. The third-order valence-corrected chi connectivity index (χ3v) is 14.2. The minimum Gasteiger partial charge on any atom is -0.466 e. The highest BCUT2D eigenvalue weighted by Gasteiger charge is 2.18. The van der Waals surface area contributed by atoms with Crippen LogP contribution in [0.2, 0.25) is 0 Å². The van der Waals surface area contributed by atoms with Crippen LogP contribution in [0.5, 0.6) is 0 Å². The van der Waals surface area contributed by atoms with Gasteiger partial charge in [-0.25, -0.2) is 0 Å². The van der Waals surface area contributed by atoms with Gasteiger partial charge >= 0.3 is 5.97 Å². The minimum atomic E-state index is -0.848. The van der Waals surface area contributed by atoms with Crippen molar-refractivity contribution in [1.82, 2.24) is 5.32 Å². The van der Waals surface area contributed by atoms with E-state index in [2.05, 4.69) is 31.3 Å². The molecular formula is C62H119NO5. The molecule has 0 aromatic carbocycles. The monoisotopic (exact) mass is 958 g/mol. The van der Waals surface area contributed by atoms with E-state index in [-0.39, 0.29) is 18.5 Å². The zero-order chi connectivity index (χ0) is 49.3. The zero-order valence-electron chi connectivity index (χ0n) is 45.9. The van der Waals surface area contributed by atoms with Crippen LogP contribution >= 0.6 is 0 Å². The number of hydrogen-bond donors (Lipinski definition) is 3. The molecule has 0 aromatic heterocycles. The summed E-state index contributed by atoms with van der Waals surface area (Å²) in [7, 11) is 0. The first kappa shape index (κ1) is 66.3. The molecule has 2 unspecified atom stereocenters. The van der Waals surface area contributed by atoms with E-state index < -0.39 is 12.1 Å². The first-order valence-corrected chi connectivity index (χ1v) is 30.6. The van der Waals surface area contributed by atoms with E-state index in [4.69, 9.17) is 4.74 Å². The van der Waals surface area contributed by atoms with Gasteiger partial charge in [0.25, 0.3) is 0 Å². The lowest BCUT2D eigenvalue weighted by molar-refractivity contribution is -0.143. The lowest BCUT2D eigenvalue weighted by atomic mass is 10.0. The number of unbranched alkanes of at least 4 members (excludes halogenated alkanes) is 44. The summed E-state index contributed by atoms with van der Waals surface area (Å²) in [5, 5.41) is 23.2. The Balaban J connectivity index is 3.44. The van der Waals surface area contributed by atoms with Crippen LogP contribution in [0.4, 0.5) is 0 Å². The standard InChI is InChI=1S/C62H119NO5/c1-3-5-7-9-11-13-15-17-18-19-20-21-24-27-31-34-38-42-46-50-54-60(65)59(58-64)63-61(66)55-51-47-43-39-35-32-28-25-22-23-26-29-33-37-41-45-49-53-57-68-62(67)56-52-48-44-40-36-30-16-14-12-10-8-6-4-2/h14,16,50,54,59-60,64-65H,3-13,15,17-49,51-53,55-58H2,1-2H3,(H,63,66)/b16-14-,54-50+. The summed E-state index contributed by atoms with van der Waals surface area (Å²) in [5.74, 6) is -0.0716. The molecule has 0 fully saturated rings. The number of carbonyl (C=O) groups is 2. The molecule has 0 aromatic rings. The van der Waals surface area contributed by atoms with Gasteiger partial charge in [-0.15, -0.1) is 0 Å². The van der Waals surface area contributed by atoms with Gasteiger partial charge in [0, 0.05) is 12.8 Å². The number of rotatable bonds is 57. The van der Waals surface area contributed by atoms with Crippen molar-refractivity contribution in [2.24, 2.45) is 0 Å². The number of aliphatic hydroxyl groups excluding tert-OH is 2. The van der Waals surface area contributed by atoms with E-state index in [9.17, 15) is 19.8 Å². The highest BCUT2D eigenvalue weighted by Crippen LogP contribution is 2.17. The Bertz CT molecular complexity index is 1060. The smallest absolute Gasteiger partial charge is 0.305 e. The second kappa shape index (κ2) is 57.9. The Hall–Kier alpha value is -1.66. The third-order valence-electron chi connectivity index (χ3n) is 14.2. The van der Waals surface area contributed by atoms with Gasteiger partial charge in [0.2, 0.25) is 5.91 Å². The molecule has 2 atom stereocenters. The summed E-state index contributed by atoms with van der Waals surface area (Å²) in [6.07, 6.45) is 70.6. The molecule has 1 amide bonds. The number of amides is 1. The highest BCUT2D eigenvalue weighted by atomic mass is 16.5. The molecule has 68 heavy (non-hydrogen) atoms. The van der Waals surface area contributed by atoms with Gasteiger partial charge in [-0.2, -0.15) is 0 Å². The lowest BCUT2D eigenvalue weighted by Gasteiger charge is -2.20. The van der Waals surface area contributed by atoms with E-state index in [1.54, 1.807) is 6.08 Å². The summed E-state index contributed by atoms with van der Waals surface area (Å²) in [4.78, 5) is 24.5. The average molecular weight is 959 g/mol. The number of aliphatic hydroxyl groups is 2. The van der Waals surface area contributed by atoms with Crippen molar-refractivity contribution < 1.29 is 24.5 Å². The van der Waals surface area contributed by atoms with Crippen molar-refractivity contribution >= 4 is 11.9 Å². The van der Waals surface area contributed by atoms with E-state index in [0.29, 0.717) is 19.4 Å². The molecule has 6 nitrogen and oxygen atoms in total. The normalized spacial score (nSPS) is 12.7. The third kappa shape index (κ3) is 53.7. The average Bonchev–Trinajstić information content (AvgIpc) is 3.34. The van der Waals surface area contributed by atoms with Crippen molar-refractivity contribution in [2.45, 2.75) is 347 Å². The maximum atomic E-state index is 12.5. The number of esters is 1. The molecule has 6 heteroatoms. The molecular weight excluding hydrogens is 839 g/mol. The Kier molecular flexibility index (Phi) is 56.5. The second-order valence-electron chi connectivity index (χ2n) is 21.0. The summed E-state index contributed by atoms with van der Waals surface area (Å²) in [5.41, 5.74) is 0. The number of hydrogen-bond acceptors (Lipinski definition) is 5. The van der Waals surface area contributed by atoms with Gasteiger partial charge in [-0.1, -0.05) is 289 Å².